The summed E-state index contributed by atoms with van der Waals surface area (Å²) in [4.78, 5) is 0. The van der Waals surface area contributed by atoms with Crippen LogP contribution in [0.4, 0.5) is 0 Å². The van der Waals surface area contributed by atoms with Crippen molar-refractivity contribution in [3.63, 3.8) is 0 Å². The van der Waals surface area contributed by atoms with E-state index in [9.17, 15) is 0 Å². The molecule has 1 aliphatic rings. The van der Waals surface area contributed by atoms with Gasteiger partial charge in [-0.05, 0) is 26.8 Å². The summed E-state index contributed by atoms with van der Waals surface area (Å²) < 4.78 is 0. The molecule has 0 spiro atoms. The molecule has 12 heavy (non-hydrogen) atoms. The first-order valence-electron chi connectivity index (χ1n) is 4.32. The van der Waals surface area contributed by atoms with Crippen LogP contribution in [-0.2, 0) is 0 Å². The van der Waals surface area contributed by atoms with E-state index in [1.165, 1.54) is 17.8 Å². The number of hydrogen-bond donors (Lipinski definition) is 1. The minimum Gasteiger partial charge on any atom is -0.311 e. The molecule has 1 atom stereocenters. The van der Waals surface area contributed by atoms with E-state index in [0.717, 1.165) is 10.9 Å². The van der Waals surface area contributed by atoms with E-state index in [1.54, 1.807) is 11.3 Å². The van der Waals surface area contributed by atoms with Crippen LogP contribution in [0.15, 0.2) is 0 Å². The van der Waals surface area contributed by atoms with Crippen LogP contribution in [0.1, 0.15) is 41.7 Å². The molecule has 0 saturated heterocycles. The third-order valence-electron chi connectivity index (χ3n) is 2.19. The Bertz CT molecular complexity index is 267. The van der Waals surface area contributed by atoms with Crippen LogP contribution in [0.3, 0.4) is 0 Å². The number of nitrogens with one attached hydrogen (secondary N) is 1. The first-order chi connectivity index (χ1) is 5.81. The minimum absolute atomic E-state index is 0.343. The highest BCUT2D eigenvalue weighted by atomic mass is 32.1. The maximum absolute atomic E-state index is 4.18. The van der Waals surface area contributed by atoms with E-state index >= 15 is 0 Å². The predicted molar refractivity (Wildman–Crippen MR) is 49.4 cm³/mol. The van der Waals surface area contributed by atoms with Gasteiger partial charge in [-0.3, -0.25) is 0 Å². The quantitative estimate of drug-likeness (QED) is 0.775. The second-order valence-corrected chi connectivity index (χ2v) is 4.30. The summed E-state index contributed by atoms with van der Waals surface area (Å²) >= 11 is 1.75. The largest absolute Gasteiger partial charge is 0.311 e. The molecule has 3 nitrogen and oxygen atoms in total. The van der Waals surface area contributed by atoms with Crippen LogP contribution >= 0.6 is 11.3 Å². The Hall–Kier alpha value is -0.480. The van der Waals surface area contributed by atoms with Crippen LogP contribution in [0.5, 0.6) is 0 Å². The van der Waals surface area contributed by atoms with Crippen LogP contribution < -0.4 is 5.32 Å². The van der Waals surface area contributed by atoms with E-state index in [1.807, 2.05) is 7.05 Å². The Balaban J connectivity index is 2.12. The number of nitrogens with zero attached hydrogens (tertiary/aromatic N) is 2. The third-order valence-corrected chi connectivity index (χ3v) is 3.45. The van der Waals surface area contributed by atoms with Gasteiger partial charge in [0.05, 0.1) is 6.04 Å². The van der Waals surface area contributed by atoms with E-state index in [2.05, 4.69) is 22.4 Å². The fourth-order valence-electron chi connectivity index (χ4n) is 1.04. The van der Waals surface area contributed by atoms with Crippen molar-refractivity contribution in [3.8, 4) is 0 Å². The molecule has 1 heterocycles. The molecule has 0 aromatic carbocycles. The molecular formula is C8H13N3S. The summed E-state index contributed by atoms with van der Waals surface area (Å²) in [7, 11) is 1.95. The first kappa shape index (κ1) is 8.13. The lowest BCUT2D eigenvalue weighted by Gasteiger charge is -2.02. The Morgan fingerprint density at radius 3 is 2.83 bits per heavy atom. The fraction of sp³-hybridized carbons (Fsp3) is 0.750. The molecule has 1 saturated carbocycles. The number of rotatable bonds is 3. The van der Waals surface area contributed by atoms with Crippen molar-refractivity contribution in [2.24, 2.45) is 0 Å². The van der Waals surface area contributed by atoms with Crippen molar-refractivity contribution in [1.82, 2.24) is 15.5 Å². The fourth-order valence-corrected chi connectivity index (χ4v) is 2.11. The van der Waals surface area contributed by atoms with Gasteiger partial charge in [0.25, 0.3) is 0 Å². The Kier molecular flexibility index (Phi) is 2.11. The zero-order valence-corrected chi connectivity index (χ0v) is 8.19. The lowest BCUT2D eigenvalue weighted by atomic mass is 10.4. The summed E-state index contributed by atoms with van der Waals surface area (Å²) in [5, 5.41) is 13.8. The Morgan fingerprint density at radius 1 is 1.50 bits per heavy atom. The lowest BCUT2D eigenvalue weighted by Crippen LogP contribution is -2.11. The van der Waals surface area contributed by atoms with Gasteiger partial charge in [-0.15, -0.1) is 10.2 Å². The van der Waals surface area contributed by atoms with Crippen LogP contribution in [0.25, 0.3) is 0 Å². The summed E-state index contributed by atoms with van der Waals surface area (Å²) in [6.07, 6.45) is 2.62. The van der Waals surface area contributed by atoms with Gasteiger partial charge >= 0.3 is 0 Å². The van der Waals surface area contributed by atoms with Gasteiger partial charge in [-0.1, -0.05) is 11.3 Å². The smallest absolute Gasteiger partial charge is 0.134 e. The molecule has 0 amide bonds. The Morgan fingerprint density at radius 2 is 2.25 bits per heavy atom. The topological polar surface area (TPSA) is 37.8 Å². The maximum atomic E-state index is 4.18. The molecule has 1 aromatic heterocycles. The second kappa shape index (κ2) is 3.11. The van der Waals surface area contributed by atoms with Crippen LogP contribution in [-0.4, -0.2) is 17.2 Å². The molecule has 0 bridgehead atoms. The highest BCUT2D eigenvalue weighted by Gasteiger charge is 2.27. The van der Waals surface area contributed by atoms with E-state index in [-0.39, 0.29) is 0 Å². The van der Waals surface area contributed by atoms with Crippen molar-refractivity contribution in [2.75, 3.05) is 7.05 Å². The monoisotopic (exact) mass is 183 g/mol. The molecule has 0 radical (unpaired) electrons. The molecule has 1 aromatic rings. The minimum atomic E-state index is 0.343. The molecule has 2 rings (SSSR count). The van der Waals surface area contributed by atoms with Gasteiger partial charge in [0, 0.05) is 5.92 Å². The lowest BCUT2D eigenvalue weighted by molar-refractivity contribution is 0.639. The summed E-state index contributed by atoms with van der Waals surface area (Å²) in [5.74, 6) is 0.736. The Labute approximate surface area is 76.2 Å². The van der Waals surface area contributed by atoms with Gasteiger partial charge in [0.1, 0.15) is 10.0 Å². The summed E-state index contributed by atoms with van der Waals surface area (Å²) in [5.41, 5.74) is 0. The molecule has 66 valence electrons. The zero-order chi connectivity index (χ0) is 8.55. The molecule has 4 heteroatoms. The molecule has 1 aliphatic carbocycles. The van der Waals surface area contributed by atoms with E-state index in [4.69, 9.17) is 0 Å². The molecule has 1 unspecified atom stereocenters. The first-order valence-corrected chi connectivity index (χ1v) is 5.13. The van der Waals surface area contributed by atoms with E-state index in [0.29, 0.717) is 6.04 Å². The van der Waals surface area contributed by atoms with Crippen molar-refractivity contribution < 1.29 is 0 Å². The van der Waals surface area contributed by atoms with Crippen LogP contribution in [0, 0.1) is 0 Å². The third kappa shape index (κ3) is 1.49. The molecule has 1 N–H and O–H groups in total. The molecule has 0 aliphatic heterocycles. The predicted octanol–water partition coefficient (Wildman–Crippen LogP) is 1.70. The summed E-state index contributed by atoms with van der Waals surface area (Å²) in [6, 6.07) is 0.343. The standard InChI is InChI=1S/C8H13N3S/c1-5(9-2)7-10-11-8(12-7)6-3-4-6/h5-6,9H,3-4H2,1-2H3. The number of aromatic nitrogens is 2. The highest BCUT2D eigenvalue weighted by molar-refractivity contribution is 7.11. The van der Waals surface area contributed by atoms with E-state index < -0.39 is 0 Å². The van der Waals surface area contributed by atoms with Crippen molar-refractivity contribution in [3.05, 3.63) is 10.0 Å². The van der Waals surface area contributed by atoms with Gasteiger partial charge in [0.15, 0.2) is 0 Å². The number of hydrogen-bond acceptors (Lipinski definition) is 4. The highest BCUT2D eigenvalue weighted by Crippen LogP contribution is 2.41. The van der Waals surface area contributed by atoms with Gasteiger partial charge in [-0.2, -0.15) is 0 Å². The molecular weight excluding hydrogens is 170 g/mol. The van der Waals surface area contributed by atoms with Gasteiger partial charge in [0.2, 0.25) is 0 Å². The maximum Gasteiger partial charge on any atom is 0.134 e. The van der Waals surface area contributed by atoms with Gasteiger partial charge < -0.3 is 5.32 Å². The van der Waals surface area contributed by atoms with Crippen molar-refractivity contribution >= 4 is 11.3 Å². The van der Waals surface area contributed by atoms with Crippen molar-refractivity contribution in [1.29, 1.82) is 0 Å². The van der Waals surface area contributed by atoms with Crippen molar-refractivity contribution in [2.45, 2.75) is 31.7 Å². The average molecular weight is 183 g/mol. The zero-order valence-electron chi connectivity index (χ0n) is 7.37. The SMILES string of the molecule is CNC(C)c1nnc(C2CC2)s1. The normalized spacial score (nSPS) is 19.5. The van der Waals surface area contributed by atoms with Crippen LogP contribution in [0.2, 0.25) is 0 Å². The van der Waals surface area contributed by atoms with Gasteiger partial charge in [-0.25, -0.2) is 0 Å². The average Bonchev–Trinajstić information content (AvgIpc) is 2.83. The molecule has 1 fully saturated rings. The summed E-state index contributed by atoms with van der Waals surface area (Å²) in [6.45, 7) is 2.11. The second-order valence-electron chi connectivity index (χ2n) is 3.26.